The molecule has 0 N–H and O–H groups in total. The molecule has 0 spiro atoms. The predicted octanol–water partition coefficient (Wildman–Crippen LogP) is 4.05. The third-order valence-electron chi connectivity index (χ3n) is 3.42. The van der Waals surface area contributed by atoms with Crippen LogP contribution in [0.5, 0.6) is 0 Å². The topological polar surface area (TPSA) is 26.3 Å². The van der Waals surface area contributed by atoms with Crippen molar-refractivity contribution < 1.29 is 9.53 Å². The number of hydrogen-bond donors (Lipinski definition) is 0. The summed E-state index contributed by atoms with van der Waals surface area (Å²) in [6.45, 7) is 12.5. The molecule has 0 saturated carbocycles. The van der Waals surface area contributed by atoms with Gasteiger partial charge in [-0.2, -0.15) is 0 Å². The zero-order valence-electron chi connectivity index (χ0n) is 12.0. The summed E-state index contributed by atoms with van der Waals surface area (Å²) in [5.41, 5.74) is -0.325. The molecule has 0 fully saturated rings. The Morgan fingerprint density at radius 2 is 1.82 bits per heavy atom. The van der Waals surface area contributed by atoms with E-state index in [2.05, 4.69) is 27.7 Å². The van der Waals surface area contributed by atoms with Gasteiger partial charge in [-0.3, -0.25) is 0 Å². The van der Waals surface area contributed by atoms with Crippen LogP contribution in [0.3, 0.4) is 0 Å². The summed E-state index contributed by atoms with van der Waals surface area (Å²) in [5.74, 6) is 0.273. The SMILES string of the molecule is CCC(C)(CC(C)(C)OC(C)C)[C@@H](C=O)CCl. The summed E-state index contributed by atoms with van der Waals surface area (Å²) in [4.78, 5) is 11.1. The van der Waals surface area contributed by atoms with Gasteiger partial charge in [0.05, 0.1) is 11.7 Å². The Hall–Kier alpha value is -0.0800. The highest BCUT2D eigenvalue weighted by atomic mass is 35.5. The molecule has 0 aliphatic heterocycles. The lowest BCUT2D eigenvalue weighted by Gasteiger charge is -2.40. The number of carbonyl (C=O) groups excluding carboxylic acids is 1. The molecule has 0 amide bonds. The van der Waals surface area contributed by atoms with Crippen molar-refractivity contribution in [1.82, 2.24) is 0 Å². The van der Waals surface area contributed by atoms with Crippen molar-refractivity contribution in [3.8, 4) is 0 Å². The first-order valence-corrected chi connectivity index (χ1v) is 6.93. The Bertz CT molecular complexity index is 238. The maximum Gasteiger partial charge on any atom is 0.124 e. The van der Waals surface area contributed by atoms with E-state index in [0.717, 1.165) is 19.1 Å². The molecule has 0 aromatic rings. The minimum absolute atomic E-state index is 0.0953. The molecule has 0 radical (unpaired) electrons. The van der Waals surface area contributed by atoms with Crippen LogP contribution < -0.4 is 0 Å². The van der Waals surface area contributed by atoms with Crippen molar-refractivity contribution in [2.24, 2.45) is 11.3 Å². The number of carbonyl (C=O) groups is 1. The van der Waals surface area contributed by atoms with Crippen molar-refractivity contribution in [3.05, 3.63) is 0 Å². The van der Waals surface area contributed by atoms with Gasteiger partial charge in [0.25, 0.3) is 0 Å². The average molecular weight is 263 g/mol. The zero-order valence-corrected chi connectivity index (χ0v) is 12.8. The maximum atomic E-state index is 11.1. The first-order valence-electron chi connectivity index (χ1n) is 6.40. The van der Waals surface area contributed by atoms with E-state index in [1.54, 1.807) is 0 Å². The minimum Gasteiger partial charge on any atom is -0.373 e. The molecule has 0 aliphatic rings. The van der Waals surface area contributed by atoms with Gasteiger partial charge in [-0.15, -0.1) is 11.6 Å². The summed E-state index contributed by atoms with van der Waals surface area (Å²) in [6.07, 6.45) is 2.94. The van der Waals surface area contributed by atoms with E-state index in [1.165, 1.54) is 0 Å². The second kappa shape index (κ2) is 6.75. The fourth-order valence-corrected chi connectivity index (χ4v) is 3.00. The molecule has 2 atom stereocenters. The molecule has 0 aromatic heterocycles. The van der Waals surface area contributed by atoms with Gasteiger partial charge < -0.3 is 9.53 Å². The van der Waals surface area contributed by atoms with Crippen molar-refractivity contribution in [1.29, 1.82) is 0 Å². The Morgan fingerprint density at radius 1 is 1.29 bits per heavy atom. The Morgan fingerprint density at radius 3 is 2.12 bits per heavy atom. The summed E-state index contributed by atoms with van der Waals surface area (Å²) in [7, 11) is 0. The minimum atomic E-state index is -0.230. The van der Waals surface area contributed by atoms with Crippen molar-refractivity contribution in [3.63, 3.8) is 0 Å². The van der Waals surface area contributed by atoms with Gasteiger partial charge in [0.2, 0.25) is 0 Å². The van der Waals surface area contributed by atoms with E-state index in [1.807, 2.05) is 13.8 Å². The maximum absolute atomic E-state index is 11.1. The van der Waals surface area contributed by atoms with Gasteiger partial charge >= 0.3 is 0 Å². The third kappa shape index (κ3) is 5.39. The lowest BCUT2D eigenvalue weighted by Crippen LogP contribution is -2.40. The largest absolute Gasteiger partial charge is 0.373 e. The number of ether oxygens (including phenoxy) is 1. The standard InChI is InChI=1S/C14H27ClO2/c1-7-14(6,12(8-15)9-16)10-13(4,5)17-11(2)3/h9,11-12H,7-8,10H2,1-6H3/t12-,14?/m1/s1. The highest BCUT2D eigenvalue weighted by molar-refractivity contribution is 6.18. The molecule has 0 saturated heterocycles. The summed E-state index contributed by atoms with van der Waals surface area (Å²) < 4.78 is 5.92. The van der Waals surface area contributed by atoms with Gasteiger partial charge in [0, 0.05) is 11.8 Å². The molecule has 0 aromatic carbocycles. The second-order valence-corrected chi connectivity index (χ2v) is 6.32. The van der Waals surface area contributed by atoms with E-state index in [9.17, 15) is 4.79 Å². The van der Waals surface area contributed by atoms with E-state index >= 15 is 0 Å². The quantitative estimate of drug-likeness (QED) is 0.487. The Kier molecular flexibility index (Phi) is 6.71. The van der Waals surface area contributed by atoms with Crippen LogP contribution in [0.15, 0.2) is 0 Å². The van der Waals surface area contributed by atoms with Crippen molar-refractivity contribution in [2.45, 2.75) is 66.1 Å². The second-order valence-electron chi connectivity index (χ2n) is 6.01. The van der Waals surface area contributed by atoms with Crippen LogP contribution in [0.25, 0.3) is 0 Å². The number of rotatable bonds is 8. The number of aldehydes is 1. The first kappa shape index (κ1) is 16.9. The molecule has 0 bridgehead atoms. The van der Waals surface area contributed by atoms with Crippen LogP contribution in [0, 0.1) is 11.3 Å². The number of hydrogen-bond acceptors (Lipinski definition) is 2. The molecular formula is C14H27ClO2. The average Bonchev–Trinajstić information content (AvgIpc) is 2.16. The zero-order chi connectivity index (χ0) is 13.7. The molecular weight excluding hydrogens is 236 g/mol. The van der Waals surface area contributed by atoms with Crippen LogP contribution in [-0.2, 0) is 9.53 Å². The summed E-state index contributed by atoms with van der Waals surface area (Å²) in [5, 5.41) is 0. The monoisotopic (exact) mass is 262 g/mol. The highest BCUT2D eigenvalue weighted by Gasteiger charge is 2.38. The lowest BCUT2D eigenvalue weighted by molar-refractivity contribution is -0.118. The summed E-state index contributed by atoms with van der Waals surface area (Å²) in [6, 6.07) is 0. The number of alkyl halides is 1. The van der Waals surface area contributed by atoms with Crippen LogP contribution >= 0.6 is 11.6 Å². The van der Waals surface area contributed by atoms with Gasteiger partial charge in [-0.1, -0.05) is 13.8 Å². The van der Waals surface area contributed by atoms with Gasteiger partial charge in [-0.05, 0) is 46.0 Å². The molecule has 3 heteroatoms. The van der Waals surface area contributed by atoms with Crippen LogP contribution in [-0.4, -0.2) is 23.9 Å². The predicted molar refractivity (Wildman–Crippen MR) is 73.6 cm³/mol. The normalized spacial score (nSPS) is 17.9. The van der Waals surface area contributed by atoms with Gasteiger partial charge in [-0.25, -0.2) is 0 Å². The van der Waals surface area contributed by atoms with Gasteiger partial charge in [0.15, 0.2) is 0 Å². The fourth-order valence-electron chi connectivity index (χ4n) is 2.56. The highest BCUT2D eigenvalue weighted by Crippen LogP contribution is 2.40. The lowest BCUT2D eigenvalue weighted by atomic mass is 9.70. The van der Waals surface area contributed by atoms with Crippen molar-refractivity contribution in [2.75, 3.05) is 5.88 Å². The number of halogens is 1. The Balaban J connectivity index is 4.83. The molecule has 102 valence electrons. The van der Waals surface area contributed by atoms with Crippen LogP contribution in [0.2, 0.25) is 0 Å². The van der Waals surface area contributed by atoms with Gasteiger partial charge in [0.1, 0.15) is 6.29 Å². The molecule has 2 nitrogen and oxygen atoms in total. The Labute approximate surface area is 111 Å². The fraction of sp³-hybridized carbons (Fsp3) is 0.929. The first-order chi connectivity index (χ1) is 7.70. The summed E-state index contributed by atoms with van der Waals surface area (Å²) >= 11 is 5.89. The molecule has 0 rings (SSSR count). The molecule has 17 heavy (non-hydrogen) atoms. The van der Waals surface area contributed by atoms with Crippen LogP contribution in [0.4, 0.5) is 0 Å². The van der Waals surface area contributed by atoms with E-state index in [-0.39, 0.29) is 23.0 Å². The molecule has 0 aliphatic carbocycles. The van der Waals surface area contributed by atoms with E-state index in [0.29, 0.717) is 5.88 Å². The molecule has 1 unspecified atom stereocenters. The van der Waals surface area contributed by atoms with E-state index < -0.39 is 0 Å². The third-order valence-corrected chi connectivity index (χ3v) is 3.75. The van der Waals surface area contributed by atoms with Crippen LogP contribution in [0.1, 0.15) is 54.4 Å². The molecule has 0 heterocycles. The smallest absolute Gasteiger partial charge is 0.124 e. The van der Waals surface area contributed by atoms with Crippen molar-refractivity contribution >= 4 is 17.9 Å². The van der Waals surface area contributed by atoms with E-state index in [4.69, 9.17) is 16.3 Å².